The summed E-state index contributed by atoms with van der Waals surface area (Å²) in [6.45, 7) is 4.45. The molecular weight excluding hydrogens is 266 g/mol. The van der Waals surface area contributed by atoms with Gasteiger partial charge in [-0.25, -0.2) is 0 Å². The topological polar surface area (TPSA) is 58.4 Å². The molecule has 0 saturated carbocycles. The predicted molar refractivity (Wildman–Crippen MR) is 82.1 cm³/mol. The Bertz CT molecular complexity index is 613. The van der Waals surface area contributed by atoms with Gasteiger partial charge in [-0.1, -0.05) is 23.4 Å². The van der Waals surface area contributed by atoms with Gasteiger partial charge in [-0.15, -0.1) is 0 Å². The lowest BCUT2D eigenvalue weighted by Gasteiger charge is -2.14. The van der Waals surface area contributed by atoms with E-state index in [1.807, 2.05) is 52.2 Å². The van der Waals surface area contributed by atoms with Crippen molar-refractivity contribution in [3.8, 4) is 0 Å². The Morgan fingerprint density at radius 2 is 2.00 bits per heavy atom. The molecule has 1 amide bonds. The second kappa shape index (κ2) is 6.54. The Morgan fingerprint density at radius 1 is 1.29 bits per heavy atom. The number of nitrogens with one attached hydrogen (secondary N) is 1. The molecule has 2 aromatic rings. The Morgan fingerprint density at radius 3 is 2.62 bits per heavy atom. The number of amides is 1. The van der Waals surface area contributed by atoms with Gasteiger partial charge in [0, 0.05) is 17.8 Å². The zero-order chi connectivity index (χ0) is 15.4. The smallest absolute Gasteiger partial charge is 0.229 e. The maximum absolute atomic E-state index is 12.2. The molecule has 2 rings (SSSR count). The zero-order valence-electron chi connectivity index (χ0n) is 12.9. The van der Waals surface area contributed by atoms with Crippen molar-refractivity contribution in [3.05, 3.63) is 46.8 Å². The molecule has 0 aliphatic heterocycles. The van der Waals surface area contributed by atoms with Crippen LogP contribution >= 0.6 is 0 Å². The number of para-hydroxylation sites is 1. The number of benzene rings is 1. The molecule has 1 aromatic carbocycles. The number of rotatable bonds is 5. The average molecular weight is 287 g/mol. The summed E-state index contributed by atoms with van der Waals surface area (Å²) >= 11 is 0. The summed E-state index contributed by atoms with van der Waals surface area (Å²) in [6, 6.07) is 7.84. The lowest BCUT2D eigenvalue weighted by atomic mass is 10.1. The van der Waals surface area contributed by atoms with E-state index in [1.165, 1.54) is 0 Å². The van der Waals surface area contributed by atoms with Crippen molar-refractivity contribution < 1.29 is 9.32 Å². The van der Waals surface area contributed by atoms with Crippen molar-refractivity contribution >= 4 is 11.6 Å². The average Bonchev–Trinajstić information content (AvgIpc) is 2.72. The SMILES string of the molecule is Cc1noc(C)c1CC(=O)Nc1ccccc1CN(C)C. The van der Waals surface area contributed by atoms with Crippen molar-refractivity contribution in [2.24, 2.45) is 0 Å². The molecule has 0 saturated heterocycles. The highest BCUT2D eigenvalue weighted by atomic mass is 16.5. The number of carbonyl (C=O) groups excluding carboxylic acids is 1. The summed E-state index contributed by atoms with van der Waals surface area (Å²) in [5.74, 6) is 0.639. The molecule has 0 unspecified atom stereocenters. The van der Waals surface area contributed by atoms with Crippen LogP contribution < -0.4 is 5.32 Å². The maximum Gasteiger partial charge on any atom is 0.229 e. The first-order valence-electron chi connectivity index (χ1n) is 6.91. The summed E-state index contributed by atoms with van der Waals surface area (Å²) in [4.78, 5) is 14.3. The Labute approximate surface area is 124 Å². The lowest BCUT2D eigenvalue weighted by Crippen LogP contribution is -2.18. The lowest BCUT2D eigenvalue weighted by molar-refractivity contribution is -0.115. The third-order valence-electron chi connectivity index (χ3n) is 3.30. The van der Waals surface area contributed by atoms with Gasteiger partial charge in [0.1, 0.15) is 5.76 Å². The minimum absolute atomic E-state index is 0.0596. The highest BCUT2D eigenvalue weighted by Crippen LogP contribution is 2.18. The van der Waals surface area contributed by atoms with Crippen molar-refractivity contribution in [3.63, 3.8) is 0 Å². The summed E-state index contributed by atoms with van der Waals surface area (Å²) in [5, 5.41) is 6.85. The molecule has 1 heterocycles. The zero-order valence-corrected chi connectivity index (χ0v) is 12.9. The number of nitrogens with zero attached hydrogens (tertiary/aromatic N) is 2. The van der Waals surface area contributed by atoms with E-state index in [0.717, 1.165) is 29.1 Å². The van der Waals surface area contributed by atoms with E-state index in [9.17, 15) is 4.79 Å². The fourth-order valence-electron chi connectivity index (χ4n) is 2.23. The molecular formula is C16H21N3O2. The number of carbonyl (C=O) groups is 1. The molecule has 112 valence electrons. The number of aryl methyl sites for hydroxylation is 2. The Hall–Kier alpha value is -2.14. The van der Waals surface area contributed by atoms with Gasteiger partial charge < -0.3 is 14.7 Å². The van der Waals surface area contributed by atoms with Crippen LogP contribution in [0.5, 0.6) is 0 Å². The number of anilines is 1. The largest absolute Gasteiger partial charge is 0.361 e. The number of hydrogen-bond acceptors (Lipinski definition) is 4. The second-order valence-corrected chi connectivity index (χ2v) is 5.42. The predicted octanol–water partition coefficient (Wildman–Crippen LogP) is 2.53. The third kappa shape index (κ3) is 3.92. The number of hydrogen-bond donors (Lipinski definition) is 1. The van der Waals surface area contributed by atoms with Crippen LogP contribution in [0.2, 0.25) is 0 Å². The number of aromatic nitrogens is 1. The van der Waals surface area contributed by atoms with E-state index < -0.39 is 0 Å². The van der Waals surface area contributed by atoms with E-state index in [4.69, 9.17) is 4.52 Å². The second-order valence-electron chi connectivity index (χ2n) is 5.42. The first kappa shape index (κ1) is 15.3. The fraction of sp³-hybridized carbons (Fsp3) is 0.375. The molecule has 21 heavy (non-hydrogen) atoms. The van der Waals surface area contributed by atoms with Crippen molar-refractivity contribution in [1.29, 1.82) is 0 Å². The van der Waals surface area contributed by atoms with Crippen LogP contribution in [0.15, 0.2) is 28.8 Å². The fourth-order valence-corrected chi connectivity index (χ4v) is 2.23. The van der Waals surface area contributed by atoms with Gasteiger partial charge in [0.2, 0.25) is 5.91 Å². The molecule has 5 nitrogen and oxygen atoms in total. The molecule has 5 heteroatoms. The van der Waals surface area contributed by atoms with Crippen LogP contribution in [0.3, 0.4) is 0 Å². The highest BCUT2D eigenvalue weighted by Gasteiger charge is 2.14. The molecule has 0 aliphatic carbocycles. The van der Waals surface area contributed by atoms with Gasteiger partial charge in [-0.05, 0) is 39.6 Å². The highest BCUT2D eigenvalue weighted by molar-refractivity contribution is 5.93. The molecule has 1 N–H and O–H groups in total. The van der Waals surface area contributed by atoms with E-state index in [2.05, 4.69) is 15.4 Å². The van der Waals surface area contributed by atoms with Gasteiger partial charge in [-0.3, -0.25) is 4.79 Å². The van der Waals surface area contributed by atoms with Gasteiger partial charge in [0.15, 0.2) is 0 Å². The minimum atomic E-state index is -0.0596. The standard InChI is InChI=1S/C16H21N3O2/c1-11-14(12(2)21-18-11)9-16(20)17-15-8-6-5-7-13(15)10-19(3)4/h5-8H,9-10H2,1-4H3,(H,17,20). The van der Waals surface area contributed by atoms with Crippen LogP contribution in [-0.2, 0) is 17.8 Å². The van der Waals surface area contributed by atoms with Gasteiger partial charge in [-0.2, -0.15) is 0 Å². The van der Waals surface area contributed by atoms with E-state index in [1.54, 1.807) is 0 Å². The molecule has 1 aromatic heterocycles. The normalized spacial score (nSPS) is 10.9. The van der Waals surface area contributed by atoms with E-state index in [-0.39, 0.29) is 12.3 Å². The van der Waals surface area contributed by atoms with Crippen LogP contribution in [0.25, 0.3) is 0 Å². The first-order chi connectivity index (χ1) is 9.97. The Kier molecular flexibility index (Phi) is 4.75. The molecule has 0 atom stereocenters. The quantitative estimate of drug-likeness (QED) is 0.918. The Balaban J connectivity index is 2.10. The van der Waals surface area contributed by atoms with E-state index in [0.29, 0.717) is 5.76 Å². The van der Waals surface area contributed by atoms with Gasteiger partial charge in [0.05, 0.1) is 12.1 Å². The molecule has 0 spiro atoms. The van der Waals surface area contributed by atoms with Crippen molar-refractivity contribution in [2.45, 2.75) is 26.8 Å². The summed E-state index contributed by atoms with van der Waals surface area (Å²) in [7, 11) is 4.00. The molecule has 0 aliphatic rings. The molecule has 0 radical (unpaired) electrons. The van der Waals surface area contributed by atoms with Crippen LogP contribution in [0.1, 0.15) is 22.6 Å². The van der Waals surface area contributed by atoms with E-state index >= 15 is 0 Å². The molecule has 0 bridgehead atoms. The third-order valence-corrected chi connectivity index (χ3v) is 3.30. The summed E-state index contributed by atoms with van der Waals surface area (Å²) < 4.78 is 5.09. The van der Waals surface area contributed by atoms with Crippen LogP contribution in [0.4, 0.5) is 5.69 Å². The monoisotopic (exact) mass is 287 g/mol. The minimum Gasteiger partial charge on any atom is -0.361 e. The van der Waals surface area contributed by atoms with Gasteiger partial charge in [0.25, 0.3) is 0 Å². The van der Waals surface area contributed by atoms with Crippen LogP contribution in [0, 0.1) is 13.8 Å². The van der Waals surface area contributed by atoms with Crippen molar-refractivity contribution in [2.75, 3.05) is 19.4 Å². The summed E-state index contributed by atoms with van der Waals surface area (Å²) in [5.41, 5.74) is 3.57. The first-order valence-corrected chi connectivity index (χ1v) is 6.91. The van der Waals surface area contributed by atoms with Crippen LogP contribution in [-0.4, -0.2) is 30.1 Å². The molecule has 0 fully saturated rings. The maximum atomic E-state index is 12.2. The van der Waals surface area contributed by atoms with Gasteiger partial charge >= 0.3 is 0 Å². The van der Waals surface area contributed by atoms with Crippen molar-refractivity contribution in [1.82, 2.24) is 10.1 Å². The summed E-state index contributed by atoms with van der Waals surface area (Å²) in [6.07, 6.45) is 0.275.